The third-order valence-corrected chi connectivity index (χ3v) is 5.60. The zero-order valence-corrected chi connectivity index (χ0v) is 11.0. The molecule has 0 aromatic carbocycles. The van der Waals surface area contributed by atoms with E-state index in [1.54, 1.807) is 0 Å². The lowest BCUT2D eigenvalue weighted by molar-refractivity contribution is -0.174. The molecule has 8 heteroatoms. The second kappa shape index (κ2) is 5.42. The minimum absolute atomic E-state index is 0.848. The molecule has 0 fully saturated rings. The van der Waals surface area contributed by atoms with E-state index < -0.39 is 44.2 Å². The Kier molecular flexibility index (Phi) is 5.26. The molecule has 7 nitrogen and oxygen atoms in total. The van der Waals surface area contributed by atoms with Gasteiger partial charge in [-0.3, -0.25) is 0 Å². The summed E-state index contributed by atoms with van der Waals surface area (Å²) in [6.07, 6.45) is -5.73. The zero-order chi connectivity index (χ0) is 14.0. The minimum atomic E-state index is -2.81. The van der Waals surface area contributed by atoms with Crippen LogP contribution in [0.2, 0.25) is 19.6 Å². The Morgan fingerprint density at radius 1 is 1.24 bits per heavy atom. The van der Waals surface area contributed by atoms with E-state index in [0.29, 0.717) is 0 Å². The van der Waals surface area contributed by atoms with E-state index in [9.17, 15) is 20.1 Å². The number of carboxylic acid groups (broad SMARTS) is 1. The highest BCUT2D eigenvalue weighted by molar-refractivity contribution is 6.82. The van der Waals surface area contributed by atoms with Crippen LogP contribution in [-0.4, -0.2) is 74.8 Å². The number of rotatable bonds is 6. The standard InChI is InChI=1S/C9H20O7Si/c1-17(2,3)9(16,8(14)15)7(13)6(12)5(11)4-10/h5-7,10-13,16H,4H2,1-3H3,(H,14,15)/t5-,6-,7+,9+/m1/s1. The van der Waals surface area contributed by atoms with Crippen LogP contribution in [0, 0.1) is 0 Å². The first-order valence-electron chi connectivity index (χ1n) is 5.11. The molecule has 0 amide bonds. The Labute approximate surface area is 100.0 Å². The molecule has 0 saturated heterocycles. The molecule has 0 aliphatic heterocycles. The smallest absolute Gasteiger partial charge is 0.334 e. The van der Waals surface area contributed by atoms with Gasteiger partial charge >= 0.3 is 5.97 Å². The molecule has 0 saturated carbocycles. The molecule has 0 bridgehead atoms. The lowest BCUT2D eigenvalue weighted by Gasteiger charge is -2.41. The number of aliphatic hydroxyl groups is 5. The van der Waals surface area contributed by atoms with Gasteiger partial charge in [-0.25, -0.2) is 4.79 Å². The van der Waals surface area contributed by atoms with Crippen molar-refractivity contribution in [1.82, 2.24) is 0 Å². The summed E-state index contributed by atoms with van der Waals surface area (Å²) in [6.45, 7) is 3.66. The van der Waals surface area contributed by atoms with E-state index >= 15 is 0 Å². The zero-order valence-electron chi connectivity index (χ0n) is 10.0. The summed E-state index contributed by atoms with van der Waals surface area (Å²) >= 11 is 0. The predicted octanol–water partition coefficient (Wildman–Crippen LogP) is -2.25. The molecular weight excluding hydrogens is 248 g/mol. The molecule has 0 aliphatic carbocycles. The van der Waals surface area contributed by atoms with Gasteiger partial charge < -0.3 is 30.6 Å². The van der Waals surface area contributed by atoms with Gasteiger partial charge in [-0.05, 0) is 0 Å². The molecule has 4 atom stereocenters. The first kappa shape index (κ1) is 16.5. The van der Waals surface area contributed by atoms with Crippen molar-refractivity contribution in [2.24, 2.45) is 0 Å². The van der Waals surface area contributed by atoms with Crippen molar-refractivity contribution in [2.45, 2.75) is 43.2 Å². The first-order chi connectivity index (χ1) is 7.50. The van der Waals surface area contributed by atoms with Crippen LogP contribution in [0.4, 0.5) is 0 Å². The van der Waals surface area contributed by atoms with Gasteiger partial charge in [0.05, 0.1) is 6.61 Å². The Balaban J connectivity index is 5.30. The summed E-state index contributed by atoms with van der Waals surface area (Å²) in [7, 11) is -2.81. The normalized spacial score (nSPS) is 21.4. The maximum absolute atomic E-state index is 11.1. The molecular formula is C9H20O7Si. The summed E-state index contributed by atoms with van der Waals surface area (Å²) in [4.78, 5) is 11.1. The maximum atomic E-state index is 11.1. The molecule has 0 aliphatic rings. The molecule has 17 heavy (non-hydrogen) atoms. The Morgan fingerprint density at radius 3 is 1.88 bits per heavy atom. The number of hydrogen-bond donors (Lipinski definition) is 6. The fourth-order valence-electron chi connectivity index (χ4n) is 1.46. The van der Waals surface area contributed by atoms with Crippen LogP contribution in [0.25, 0.3) is 0 Å². The molecule has 0 aromatic rings. The number of carboxylic acids is 1. The van der Waals surface area contributed by atoms with Gasteiger partial charge in [-0.15, -0.1) is 0 Å². The highest BCUT2D eigenvalue weighted by Gasteiger charge is 2.57. The van der Waals surface area contributed by atoms with Crippen molar-refractivity contribution in [3.05, 3.63) is 0 Å². The monoisotopic (exact) mass is 268 g/mol. The maximum Gasteiger partial charge on any atom is 0.334 e. The topological polar surface area (TPSA) is 138 Å². The quantitative estimate of drug-likeness (QED) is 0.299. The fourth-order valence-corrected chi connectivity index (χ4v) is 3.16. The fraction of sp³-hybridized carbons (Fsp3) is 0.889. The summed E-state index contributed by atoms with van der Waals surface area (Å²) in [6, 6.07) is 0. The van der Waals surface area contributed by atoms with Crippen molar-refractivity contribution in [2.75, 3.05) is 6.61 Å². The molecule has 0 aromatic heterocycles. The van der Waals surface area contributed by atoms with Gasteiger partial charge in [-0.1, -0.05) is 19.6 Å². The molecule has 0 radical (unpaired) electrons. The number of hydrogen-bond acceptors (Lipinski definition) is 6. The molecule has 0 unspecified atom stereocenters. The average Bonchev–Trinajstić information content (AvgIpc) is 2.22. The van der Waals surface area contributed by atoms with Crippen LogP contribution in [0.1, 0.15) is 0 Å². The predicted molar refractivity (Wildman–Crippen MR) is 61.0 cm³/mol. The third-order valence-electron chi connectivity index (χ3n) is 2.80. The summed E-state index contributed by atoms with van der Waals surface area (Å²) in [5.41, 5.74) is 0. The molecule has 6 N–H and O–H groups in total. The summed E-state index contributed by atoms with van der Waals surface area (Å²) in [5.74, 6) is -1.66. The molecule has 102 valence electrons. The van der Waals surface area contributed by atoms with Crippen molar-refractivity contribution in [3.63, 3.8) is 0 Å². The van der Waals surface area contributed by atoms with Crippen LogP contribution in [0.3, 0.4) is 0 Å². The average molecular weight is 268 g/mol. The van der Waals surface area contributed by atoms with E-state index in [1.165, 1.54) is 19.6 Å². The number of carbonyl (C=O) groups is 1. The molecule has 0 spiro atoms. The van der Waals surface area contributed by atoms with Crippen LogP contribution >= 0.6 is 0 Å². The number of aliphatic hydroxyl groups excluding tert-OH is 4. The Hall–Kier alpha value is -0.513. The lowest BCUT2D eigenvalue weighted by atomic mass is 10.0. The van der Waals surface area contributed by atoms with Crippen molar-refractivity contribution in [3.8, 4) is 0 Å². The molecule has 0 rings (SSSR count). The van der Waals surface area contributed by atoms with Crippen molar-refractivity contribution < 1.29 is 35.4 Å². The van der Waals surface area contributed by atoms with Gasteiger partial charge in [0.1, 0.15) is 26.4 Å². The van der Waals surface area contributed by atoms with Crippen molar-refractivity contribution in [1.29, 1.82) is 0 Å². The van der Waals surface area contributed by atoms with Gasteiger partial charge in [-0.2, -0.15) is 0 Å². The van der Waals surface area contributed by atoms with Gasteiger partial charge in [0.2, 0.25) is 0 Å². The van der Waals surface area contributed by atoms with E-state index in [4.69, 9.17) is 15.3 Å². The van der Waals surface area contributed by atoms with Crippen LogP contribution < -0.4 is 0 Å². The SMILES string of the molecule is C[Si](C)(C)[C@](O)(C(=O)O)[C@@H](O)[C@H](O)[C@H](O)CO. The molecule has 0 heterocycles. The Bertz CT molecular complexity index is 277. The van der Waals surface area contributed by atoms with E-state index in [1.807, 2.05) is 0 Å². The Morgan fingerprint density at radius 2 is 1.65 bits per heavy atom. The van der Waals surface area contributed by atoms with E-state index in [0.717, 1.165) is 0 Å². The third kappa shape index (κ3) is 3.03. The van der Waals surface area contributed by atoms with Crippen molar-refractivity contribution >= 4 is 14.0 Å². The second-order valence-electron chi connectivity index (χ2n) is 5.01. The largest absolute Gasteiger partial charge is 0.479 e. The van der Waals surface area contributed by atoms with E-state index in [-0.39, 0.29) is 0 Å². The lowest BCUT2D eigenvalue weighted by Crippen LogP contribution is -2.69. The van der Waals surface area contributed by atoms with Crippen LogP contribution in [-0.2, 0) is 4.79 Å². The van der Waals surface area contributed by atoms with E-state index in [2.05, 4.69) is 0 Å². The number of aliphatic carboxylic acids is 1. The second-order valence-corrected chi connectivity index (χ2v) is 10.3. The minimum Gasteiger partial charge on any atom is -0.479 e. The van der Waals surface area contributed by atoms with Gasteiger partial charge in [0.15, 0.2) is 5.22 Å². The van der Waals surface area contributed by atoms with Gasteiger partial charge in [0.25, 0.3) is 0 Å². The summed E-state index contributed by atoms with van der Waals surface area (Å²) < 4.78 is 0. The van der Waals surface area contributed by atoms with Crippen LogP contribution in [0.5, 0.6) is 0 Å². The summed E-state index contributed by atoms with van der Waals surface area (Å²) in [5, 5.41) is 53.5. The highest BCUT2D eigenvalue weighted by atomic mass is 28.3. The highest BCUT2D eigenvalue weighted by Crippen LogP contribution is 2.27. The van der Waals surface area contributed by atoms with Gasteiger partial charge in [0, 0.05) is 0 Å². The first-order valence-corrected chi connectivity index (χ1v) is 8.61. The van der Waals surface area contributed by atoms with Crippen LogP contribution in [0.15, 0.2) is 0 Å².